The second-order valence-corrected chi connectivity index (χ2v) is 10.9. The fourth-order valence-electron chi connectivity index (χ4n) is 6.67. The smallest absolute Gasteiger partial charge is 0.318 e. The highest BCUT2D eigenvalue weighted by molar-refractivity contribution is 9.09. The van der Waals surface area contributed by atoms with E-state index in [-0.39, 0.29) is 28.0 Å². The first-order valence-electron chi connectivity index (χ1n) is 9.87. The van der Waals surface area contributed by atoms with Gasteiger partial charge in [0.05, 0.1) is 11.1 Å². The van der Waals surface area contributed by atoms with Crippen LogP contribution in [0.2, 0.25) is 0 Å². The average molecular weight is 424 g/mol. The number of nitrogens with zero attached hydrogens (tertiary/aromatic N) is 1. The quantitative estimate of drug-likeness (QED) is 0.368. The summed E-state index contributed by atoms with van der Waals surface area (Å²) in [4.78, 5) is 31.3. The number of rotatable bonds is 3. The van der Waals surface area contributed by atoms with Crippen LogP contribution in [0.15, 0.2) is 5.16 Å². The second-order valence-electron chi connectivity index (χ2n) is 10.4. The maximum absolute atomic E-state index is 13.1. The molecular formula is C21H30BrNO3. The SMILES string of the molecule is CC12CCC(C(=O)O/N=C3\CC4CCC3(C)C4(C)CBr)(CC1=O)C2(C)C. The molecule has 0 aromatic carbocycles. The van der Waals surface area contributed by atoms with Gasteiger partial charge in [0.2, 0.25) is 0 Å². The molecule has 26 heavy (non-hydrogen) atoms. The lowest BCUT2D eigenvalue weighted by molar-refractivity contribution is -0.162. The van der Waals surface area contributed by atoms with Crippen molar-refractivity contribution in [2.45, 2.75) is 73.1 Å². The summed E-state index contributed by atoms with van der Waals surface area (Å²) in [5.74, 6) is 0.510. The predicted molar refractivity (Wildman–Crippen MR) is 104 cm³/mol. The van der Waals surface area contributed by atoms with Gasteiger partial charge >= 0.3 is 5.97 Å². The van der Waals surface area contributed by atoms with Crippen molar-refractivity contribution >= 4 is 33.4 Å². The van der Waals surface area contributed by atoms with Crippen LogP contribution in [0.4, 0.5) is 0 Å². The number of carbonyl (C=O) groups is 2. The molecule has 4 saturated carbocycles. The Morgan fingerprint density at radius 1 is 1.15 bits per heavy atom. The van der Waals surface area contributed by atoms with Crippen LogP contribution in [0.5, 0.6) is 0 Å². The summed E-state index contributed by atoms with van der Waals surface area (Å²) in [6.07, 6.45) is 5.04. The van der Waals surface area contributed by atoms with E-state index in [9.17, 15) is 9.59 Å². The molecule has 0 N–H and O–H groups in total. The first-order valence-corrected chi connectivity index (χ1v) is 11.0. The normalized spacial score (nSPS) is 50.0. The van der Waals surface area contributed by atoms with Gasteiger partial charge in [0.25, 0.3) is 0 Å². The first-order chi connectivity index (χ1) is 12.0. The maximum Gasteiger partial charge on any atom is 0.342 e. The van der Waals surface area contributed by atoms with E-state index in [1.807, 2.05) is 6.92 Å². The fraction of sp³-hybridized carbons (Fsp3) is 0.857. The van der Waals surface area contributed by atoms with Gasteiger partial charge < -0.3 is 4.84 Å². The number of fused-ring (bicyclic) bond motifs is 4. The molecule has 4 aliphatic rings. The zero-order valence-corrected chi connectivity index (χ0v) is 18.2. The number of oxime groups is 1. The van der Waals surface area contributed by atoms with E-state index in [0.717, 1.165) is 36.7 Å². The minimum absolute atomic E-state index is 0.00961. The predicted octanol–water partition coefficient (Wildman–Crippen LogP) is 4.89. The van der Waals surface area contributed by atoms with E-state index >= 15 is 0 Å². The molecule has 0 aromatic rings. The number of hydrogen-bond acceptors (Lipinski definition) is 4. The van der Waals surface area contributed by atoms with Crippen molar-refractivity contribution in [2.24, 2.45) is 38.1 Å². The Kier molecular flexibility index (Phi) is 3.74. The number of hydrogen-bond donors (Lipinski definition) is 0. The lowest BCUT2D eigenvalue weighted by Gasteiger charge is -2.38. The summed E-state index contributed by atoms with van der Waals surface area (Å²) in [7, 11) is 0. The summed E-state index contributed by atoms with van der Waals surface area (Å²) in [6.45, 7) is 10.7. The minimum Gasteiger partial charge on any atom is -0.318 e. The van der Waals surface area contributed by atoms with Crippen LogP contribution in [-0.2, 0) is 14.4 Å². The van der Waals surface area contributed by atoms with Crippen molar-refractivity contribution in [1.29, 1.82) is 0 Å². The Morgan fingerprint density at radius 2 is 1.85 bits per heavy atom. The van der Waals surface area contributed by atoms with Gasteiger partial charge in [0.1, 0.15) is 5.78 Å². The Hall–Kier alpha value is -0.710. The molecule has 0 saturated heterocycles. The molecule has 0 aromatic heterocycles. The van der Waals surface area contributed by atoms with Crippen LogP contribution in [0, 0.1) is 33.0 Å². The van der Waals surface area contributed by atoms with Gasteiger partial charge in [-0.2, -0.15) is 0 Å². The van der Waals surface area contributed by atoms with Crippen molar-refractivity contribution in [3.8, 4) is 0 Å². The molecule has 0 aliphatic heterocycles. The summed E-state index contributed by atoms with van der Waals surface area (Å²) < 4.78 is 0. The standard InChI is InChI=1S/C21H30BrNO3/c1-17(2)19(4)8-9-21(17,11-15(19)24)16(25)26-23-14-10-13-6-7-18(14,3)20(13,5)12-22/h13H,6-12H2,1-5H3/b23-14+. The fourth-order valence-corrected chi connectivity index (χ4v) is 7.74. The molecule has 5 atom stereocenters. The maximum atomic E-state index is 13.1. The molecular weight excluding hydrogens is 394 g/mol. The zero-order chi connectivity index (χ0) is 19.2. The summed E-state index contributed by atoms with van der Waals surface area (Å²) in [6, 6.07) is 0. The zero-order valence-electron chi connectivity index (χ0n) is 16.6. The topological polar surface area (TPSA) is 55.7 Å². The number of alkyl halides is 1. The molecule has 4 aliphatic carbocycles. The molecule has 0 heterocycles. The molecule has 4 nitrogen and oxygen atoms in total. The Labute approximate surface area is 164 Å². The van der Waals surface area contributed by atoms with E-state index < -0.39 is 10.8 Å². The third-order valence-electron chi connectivity index (χ3n) is 9.84. The van der Waals surface area contributed by atoms with Crippen molar-refractivity contribution in [1.82, 2.24) is 0 Å². The van der Waals surface area contributed by atoms with Gasteiger partial charge in [0.15, 0.2) is 0 Å². The second kappa shape index (κ2) is 5.21. The number of carbonyl (C=O) groups excluding carboxylic acids is 2. The van der Waals surface area contributed by atoms with E-state index in [1.54, 1.807) is 0 Å². The average Bonchev–Trinajstić information content (AvgIpc) is 3.11. The van der Waals surface area contributed by atoms with E-state index in [0.29, 0.717) is 12.3 Å². The van der Waals surface area contributed by atoms with Crippen molar-refractivity contribution < 1.29 is 14.4 Å². The molecule has 4 bridgehead atoms. The van der Waals surface area contributed by atoms with Crippen LogP contribution in [0.25, 0.3) is 0 Å². The highest BCUT2D eigenvalue weighted by Gasteiger charge is 2.73. The lowest BCUT2D eigenvalue weighted by Crippen LogP contribution is -2.41. The summed E-state index contributed by atoms with van der Waals surface area (Å²) >= 11 is 3.70. The van der Waals surface area contributed by atoms with Crippen LogP contribution < -0.4 is 0 Å². The van der Waals surface area contributed by atoms with Crippen LogP contribution in [0.1, 0.15) is 73.1 Å². The first kappa shape index (κ1) is 18.6. The number of Topliss-reactive ketones (excluding diaryl/α,β-unsaturated/α-hetero) is 1. The van der Waals surface area contributed by atoms with Crippen LogP contribution in [-0.4, -0.2) is 22.8 Å². The largest absolute Gasteiger partial charge is 0.342 e. The van der Waals surface area contributed by atoms with E-state index in [2.05, 4.69) is 48.8 Å². The summed E-state index contributed by atoms with van der Waals surface area (Å²) in [5, 5.41) is 5.37. The number of halogens is 1. The van der Waals surface area contributed by atoms with Crippen molar-refractivity contribution in [3.63, 3.8) is 0 Å². The van der Waals surface area contributed by atoms with Crippen molar-refractivity contribution in [3.05, 3.63) is 0 Å². The van der Waals surface area contributed by atoms with Crippen LogP contribution >= 0.6 is 15.9 Å². The molecule has 0 radical (unpaired) electrons. The third kappa shape index (κ3) is 1.80. The molecule has 5 heteroatoms. The van der Waals surface area contributed by atoms with Gasteiger partial charge in [0, 0.05) is 22.6 Å². The highest BCUT2D eigenvalue weighted by Crippen LogP contribution is 2.71. The van der Waals surface area contributed by atoms with E-state index in [4.69, 9.17) is 4.84 Å². The Bertz CT molecular complexity index is 731. The molecule has 144 valence electrons. The van der Waals surface area contributed by atoms with Gasteiger partial charge in [-0.3, -0.25) is 4.79 Å². The monoisotopic (exact) mass is 423 g/mol. The van der Waals surface area contributed by atoms with Gasteiger partial charge in [-0.1, -0.05) is 55.7 Å². The molecule has 0 spiro atoms. The molecule has 4 rings (SSSR count). The molecule has 0 amide bonds. The number of ketones is 1. The third-order valence-corrected chi connectivity index (χ3v) is 11.0. The van der Waals surface area contributed by atoms with Crippen molar-refractivity contribution in [2.75, 3.05) is 5.33 Å². The Morgan fingerprint density at radius 3 is 2.35 bits per heavy atom. The Balaban J connectivity index is 1.60. The highest BCUT2D eigenvalue weighted by atomic mass is 79.9. The van der Waals surface area contributed by atoms with Gasteiger partial charge in [-0.05, 0) is 48.9 Å². The van der Waals surface area contributed by atoms with Gasteiger partial charge in [-0.25, -0.2) is 4.79 Å². The lowest BCUT2D eigenvalue weighted by atomic mass is 9.65. The molecule has 4 fully saturated rings. The van der Waals surface area contributed by atoms with Gasteiger partial charge in [-0.15, -0.1) is 0 Å². The summed E-state index contributed by atoms with van der Waals surface area (Å²) in [5.41, 5.74) is -0.304. The van der Waals surface area contributed by atoms with E-state index in [1.165, 1.54) is 6.42 Å². The minimum atomic E-state index is -0.708. The molecule has 5 unspecified atom stereocenters. The van der Waals surface area contributed by atoms with Crippen LogP contribution in [0.3, 0.4) is 0 Å².